The van der Waals surface area contributed by atoms with Crippen LogP contribution in [0.5, 0.6) is 5.75 Å². The summed E-state index contributed by atoms with van der Waals surface area (Å²) in [5.41, 5.74) is 1.24. The second kappa shape index (κ2) is 10.4. The number of halogens is 1. The number of nitrogens with zero attached hydrogens (tertiary/aromatic N) is 2. The molecule has 0 bridgehead atoms. The van der Waals surface area contributed by atoms with Crippen LogP contribution in [0.3, 0.4) is 0 Å². The van der Waals surface area contributed by atoms with Gasteiger partial charge < -0.3 is 9.26 Å². The molecule has 0 aliphatic heterocycles. The highest BCUT2D eigenvalue weighted by Crippen LogP contribution is 2.38. The molecule has 3 aromatic rings. The van der Waals surface area contributed by atoms with Crippen molar-refractivity contribution in [3.8, 4) is 17.6 Å². The van der Waals surface area contributed by atoms with Gasteiger partial charge in [0.2, 0.25) is 5.91 Å². The van der Waals surface area contributed by atoms with Crippen molar-refractivity contribution in [2.75, 3.05) is 16.7 Å². The topological polar surface area (TPSA) is 102 Å². The van der Waals surface area contributed by atoms with Crippen LogP contribution >= 0.6 is 0 Å². The van der Waals surface area contributed by atoms with E-state index in [1.165, 1.54) is 61.6 Å². The minimum Gasteiger partial charge on any atom is -0.495 e. The van der Waals surface area contributed by atoms with Crippen molar-refractivity contribution >= 4 is 33.1 Å². The van der Waals surface area contributed by atoms with Gasteiger partial charge in [0.05, 0.1) is 28.9 Å². The highest BCUT2D eigenvalue weighted by molar-refractivity contribution is 7.92. The van der Waals surface area contributed by atoms with Crippen LogP contribution in [0.4, 0.5) is 21.6 Å². The molecule has 36 heavy (non-hydrogen) atoms. The van der Waals surface area contributed by atoms with Gasteiger partial charge >= 0.3 is 0 Å². The van der Waals surface area contributed by atoms with E-state index < -0.39 is 21.7 Å². The van der Waals surface area contributed by atoms with Crippen LogP contribution in [0, 0.1) is 30.5 Å². The van der Waals surface area contributed by atoms with Crippen molar-refractivity contribution in [3.63, 3.8) is 0 Å². The quantitative estimate of drug-likeness (QED) is 0.459. The van der Waals surface area contributed by atoms with Crippen molar-refractivity contribution in [3.05, 3.63) is 59.6 Å². The summed E-state index contributed by atoms with van der Waals surface area (Å²) in [6, 6.07) is 8.33. The Bertz CT molecular complexity index is 1440. The molecule has 1 fully saturated rings. The number of rotatable bonds is 6. The third-order valence-electron chi connectivity index (χ3n) is 5.99. The molecule has 1 aromatic heterocycles. The first-order chi connectivity index (χ1) is 17.2. The molecule has 8 nitrogen and oxygen atoms in total. The lowest BCUT2D eigenvalue weighted by Crippen LogP contribution is -2.24. The van der Waals surface area contributed by atoms with Crippen molar-refractivity contribution < 1.29 is 26.9 Å². The van der Waals surface area contributed by atoms with Gasteiger partial charge in [0, 0.05) is 31.0 Å². The molecular weight excluding hydrogens is 485 g/mol. The standard InChI is InChI=1S/C26H26FN3O5S/c1-17-14-21(36(32,33)29-26-12-13-35-28-26)10-11-23(17)30(18(2)31)24-16-22(27)20(15-25(24)34-3)9-8-19-6-4-5-7-19/h10-16,19H,4-7H2,1-3H3,(H,28,29). The smallest absolute Gasteiger partial charge is 0.263 e. The number of anilines is 3. The Labute approximate surface area is 209 Å². The van der Waals surface area contributed by atoms with E-state index in [2.05, 4.69) is 26.2 Å². The van der Waals surface area contributed by atoms with E-state index in [4.69, 9.17) is 4.74 Å². The largest absolute Gasteiger partial charge is 0.495 e. The van der Waals surface area contributed by atoms with Crippen molar-refractivity contribution in [2.45, 2.75) is 44.4 Å². The number of aromatic nitrogens is 1. The normalized spacial score (nSPS) is 13.7. The van der Waals surface area contributed by atoms with Crippen LogP contribution in [0.1, 0.15) is 43.7 Å². The number of amides is 1. The number of hydrogen-bond acceptors (Lipinski definition) is 6. The van der Waals surface area contributed by atoms with E-state index in [1.807, 2.05) is 0 Å². The summed E-state index contributed by atoms with van der Waals surface area (Å²) < 4.78 is 53.0. The Morgan fingerprint density at radius 1 is 1.19 bits per heavy atom. The number of nitrogens with one attached hydrogen (secondary N) is 1. The van der Waals surface area contributed by atoms with E-state index in [9.17, 15) is 13.2 Å². The summed E-state index contributed by atoms with van der Waals surface area (Å²) in [5, 5.41) is 3.55. The molecule has 0 saturated heterocycles. The van der Waals surface area contributed by atoms with Crippen LogP contribution in [0.2, 0.25) is 0 Å². The zero-order valence-electron chi connectivity index (χ0n) is 20.2. The van der Waals surface area contributed by atoms with Crippen molar-refractivity contribution in [1.29, 1.82) is 0 Å². The maximum absolute atomic E-state index is 15.1. The fraction of sp³-hybridized carbons (Fsp3) is 0.308. The number of hydrogen-bond donors (Lipinski definition) is 1. The first-order valence-corrected chi connectivity index (χ1v) is 12.9. The van der Waals surface area contributed by atoms with E-state index in [0.29, 0.717) is 11.3 Å². The Kier molecular flexibility index (Phi) is 7.31. The molecule has 1 heterocycles. The first-order valence-electron chi connectivity index (χ1n) is 11.4. The molecule has 0 spiro atoms. The predicted octanol–water partition coefficient (Wildman–Crippen LogP) is 5.16. The molecule has 4 rings (SSSR count). The van der Waals surface area contributed by atoms with Gasteiger partial charge in [-0.1, -0.05) is 29.8 Å². The van der Waals surface area contributed by atoms with Gasteiger partial charge in [0.25, 0.3) is 10.0 Å². The third kappa shape index (κ3) is 5.36. The number of ether oxygens (including phenoxy) is 1. The highest BCUT2D eigenvalue weighted by Gasteiger charge is 2.24. The van der Waals surface area contributed by atoms with E-state index in [1.54, 1.807) is 6.92 Å². The molecule has 2 aromatic carbocycles. The van der Waals surface area contributed by atoms with Gasteiger partial charge in [-0.3, -0.25) is 14.4 Å². The number of aryl methyl sites for hydroxylation is 1. The highest BCUT2D eigenvalue weighted by atomic mass is 32.2. The van der Waals surface area contributed by atoms with E-state index in [-0.39, 0.29) is 33.6 Å². The Morgan fingerprint density at radius 3 is 2.56 bits per heavy atom. The second-order valence-corrected chi connectivity index (χ2v) is 10.2. The minimum absolute atomic E-state index is 0.0362. The molecular formula is C26H26FN3O5S. The van der Waals surface area contributed by atoms with Gasteiger partial charge in [-0.2, -0.15) is 0 Å². The lowest BCUT2D eigenvalue weighted by atomic mass is 10.1. The lowest BCUT2D eigenvalue weighted by molar-refractivity contribution is -0.115. The number of carbonyl (C=O) groups is 1. The average Bonchev–Trinajstić information content (AvgIpc) is 3.53. The average molecular weight is 512 g/mol. The molecule has 1 aliphatic rings. The third-order valence-corrected chi connectivity index (χ3v) is 7.34. The Balaban J connectivity index is 1.70. The maximum Gasteiger partial charge on any atom is 0.263 e. The molecule has 0 atom stereocenters. The lowest BCUT2D eigenvalue weighted by Gasteiger charge is -2.25. The van der Waals surface area contributed by atoms with Crippen LogP contribution in [0.15, 0.2) is 52.1 Å². The van der Waals surface area contributed by atoms with Crippen molar-refractivity contribution in [2.24, 2.45) is 5.92 Å². The van der Waals surface area contributed by atoms with E-state index in [0.717, 1.165) is 25.7 Å². The Hall–Kier alpha value is -3.84. The SMILES string of the molecule is COc1cc(C#CC2CCCC2)c(F)cc1N(C(C)=O)c1ccc(S(=O)(=O)Nc2ccon2)cc1C. The summed E-state index contributed by atoms with van der Waals surface area (Å²) in [6.07, 6.45) is 5.54. The van der Waals surface area contributed by atoms with Crippen LogP contribution in [-0.2, 0) is 14.8 Å². The van der Waals surface area contributed by atoms with Gasteiger partial charge in [0.15, 0.2) is 5.82 Å². The summed E-state index contributed by atoms with van der Waals surface area (Å²) in [6.45, 7) is 2.99. The molecule has 10 heteroatoms. The summed E-state index contributed by atoms with van der Waals surface area (Å²) >= 11 is 0. The Morgan fingerprint density at radius 2 is 1.94 bits per heavy atom. The van der Waals surface area contributed by atoms with Crippen LogP contribution in [0.25, 0.3) is 0 Å². The van der Waals surface area contributed by atoms with Gasteiger partial charge in [0.1, 0.15) is 17.8 Å². The molecule has 188 valence electrons. The predicted molar refractivity (Wildman–Crippen MR) is 133 cm³/mol. The summed E-state index contributed by atoms with van der Waals surface area (Å²) in [4.78, 5) is 14.0. The second-order valence-electron chi connectivity index (χ2n) is 8.55. The first kappa shape index (κ1) is 25.3. The minimum atomic E-state index is -3.95. The van der Waals surface area contributed by atoms with Crippen LogP contribution < -0.4 is 14.4 Å². The fourth-order valence-corrected chi connectivity index (χ4v) is 5.28. The number of sulfonamides is 1. The number of benzene rings is 2. The monoisotopic (exact) mass is 511 g/mol. The summed E-state index contributed by atoms with van der Waals surface area (Å²) in [5.74, 6) is 5.66. The zero-order valence-corrected chi connectivity index (χ0v) is 21.0. The fourth-order valence-electron chi connectivity index (χ4n) is 4.20. The number of methoxy groups -OCH3 is 1. The molecule has 1 aliphatic carbocycles. The van der Waals surface area contributed by atoms with Crippen LogP contribution in [-0.4, -0.2) is 26.6 Å². The molecule has 0 unspecified atom stereocenters. The van der Waals surface area contributed by atoms with E-state index >= 15 is 4.39 Å². The van der Waals surface area contributed by atoms with Crippen molar-refractivity contribution in [1.82, 2.24) is 5.16 Å². The molecule has 0 radical (unpaired) electrons. The molecule has 1 amide bonds. The maximum atomic E-state index is 15.1. The van der Waals surface area contributed by atoms with Gasteiger partial charge in [-0.15, -0.1) is 0 Å². The molecule has 1 saturated carbocycles. The zero-order chi connectivity index (χ0) is 25.9. The molecule has 1 N–H and O–H groups in total. The van der Waals surface area contributed by atoms with Gasteiger partial charge in [-0.05, 0) is 43.5 Å². The summed E-state index contributed by atoms with van der Waals surface area (Å²) in [7, 11) is -2.52. The van der Waals surface area contributed by atoms with Gasteiger partial charge in [-0.25, -0.2) is 12.8 Å². The number of carbonyl (C=O) groups excluding carboxylic acids is 1.